The summed E-state index contributed by atoms with van der Waals surface area (Å²) in [5.41, 5.74) is 13.0. The van der Waals surface area contributed by atoms with E-state index in [2.05, 4.69) is 76.7 Å². The molecule has 88 heavy (non-hydrogen) atoms. The van der Waals surface area contributed by atoms with Crippen LogP contribution in [0.25, 0.3) is 91.3 Å². The molecule has 0 unspecified atom stereocenters. The number of pyridine rings is 1. The molecule has 0 bridgehead atoms. The van der Waals surface area contributed by atoms with Gasteiger partial charge in [-0.15, -0.1) is 22.7 Å². The third kappa shape index (κ3) is 12.9. The van der Waals surface area contributed by atoms with Crippen LogP contribution in [0.4, 0.5) is 5.82 Å². The Morgan fingerprint density at radius 1 is 0.648 bits per heavy atom. The highest BCUT2D eigenvalue weighted by atomic mass is 35.5. The number of aromatic nitrogens is 6. The number of nitrogens with zero attached hydrogens (tertiary/aromatic N) is 9. The van der Waals surface area contributed by atoms with Crippen molar-refractivity contribution in [2.45, 2.75) is 105 Å². The number of aryl methyl sites for hydroxylation is 4. The van der Waals surface area contributed by atoms with E-state index in [4.69, 9.17) is 52.7 Å². The summed E-state index contributed by atoms with van der Waals surface area (Å²) in [4.78, 5) is 47.6. The Labute approximate surface area is 531 Å². The molecule has 15 nitrogen and oxygen atoms in total. The molecule has 0 amide bonds. The van der Waals surface area contributed by atoms with Gasteiger partial charge in [-0.05, 0) is 171 Å². The fourth-order valence-electron chi connectivity index (χ4n) is 12.0. The number of hydrogen-bond donors (Lipinski definition) is 2. The molecule has 458 valence electrons. The number of aliphatic carboxylic acids is 2. The third-order valence-corrected chi connectivity index (χ3v) is 19.1. The first kappa shape index (κ1) is 62.5. The number of hydrogen-bond acceptors (Lipinski definition) is 13. The zero-order chi connectivity index (χ0) is 62.8. The number of carboxylic acids is 2. The Bertz CT molecular complexity index is 4330. The number of anilines is 1. The quantitative estimate of drug-likeness (QED) is 0.112. The molecule has 12 rings (SSSR count). The number of fused-ring (bicyclic) bond motifs is 4. The minimum Gasteiger partial charge on any atom is -0.479 e. The number of piperazine rings is 1. The second-order valence-corrected chi connectivity index (χ2v) is 28.3. The summed E-state index contributed by atoms with van der Waals surface area (Å²) < 4.78 is 18.2. The van der Waals surface area contributed by atoms with E-state index in [0.717, 1.165) is 148 Å². The molecule has 5 aromatic heterocycles. The molecule has 1 saturated heterocycles. The lowest BCUT2D eigenvalue weighted by molar-refractivity contribution is -0.161. The second kappa shape index (κ2) is 24.7. The van der Waals surface area contributed by atoms with Crippen LogP contribution in [0.2, 0.25) is 10.0 Å². The van der Waals surface area contributed by atoms with E-state index in [1.807, 2.05) is 141 Å². The smallest absolute Gasteiger partial charge is 0.337 e. The SMILES string of the molecule is Cc1cc2nc(-c3ccc4c(c3)c(N3CCN(C(C)C)CC3)nn4C)sc2c(-c2ccc(Cl)cc2)c1[C@H](OC(C)(C)C)C(=O)O.Cc1cc2nc(-c3cnc4c(c3)c(C3=CCN(C)CC3)cn4C)sc2c(-c2ccc(Cl)cc2)c1[C@H](OC(C)(C)C)C(=O)O. The van der Waals surface area contributed by atoms with E-state index in [-0.39, 0.29) is 0 Å². The maximum absolute atomic E-state index is 12.7. The maximum Gasteiger partial charge on any atom is 0.337 e. The third-order valence-electron chi connectivity index (χ3n) is 16.3. The van der Waals surface area contributed by atoms with Gasteiger partial charge in [-0.2, -0.15) is 5.10 Å². The van der Waals surface area contributed by atoms with Crippen LogP contribution in [0.1, 0.15) is 102 Å². The highest BCUT2D eigenvalue weighted by Gasteiger charge is 2.35. The monoisotopic (exact) mass is 1260 g/mol. The van der Waals surface area contributed by atoms with Gasteiger partial charge in [0.05, 0.1) is 37.2 Å². The van der Waals surface area contributed by atoms with Gasteiger partial charge in [-0.3, -0.25) is 9.58 Å². The van der Waals surface area contributed by atoms with Gasteiger partial charge in [-0.1, -0.05) is 53.5 Å². The number of likely N-dealkylation sites (N-methyl/N-ethyl adjacent to an activating group) is 1. The number of carboxylic acid groups (broad SMARTS) is 2. The average Bonchev–Trinajstić information content (AvgIpc) is 1.56. The maximum atomic E-state index is 12.7. The van der Waals surface area contributed by atoms with Crippen molar-refractivity contribution in [1.82, 2.24) is 39.1 Å². The first-order valence-electron chi connectivity index (χ1n) is 29.7. The largest absolute Gasteiger partial charge is 0.479 e. The van der Waals surface area contributed by atoms with Crippen molar-refractivity contribution < 1.29 is 29.3 Å². The molecular weight excluding hydrogens is 1190 g/mol. The summed E-state index contributed by atoms with van der Waals surface area (Å²) in [6.07, 6.45) is 5.04. The van der Waals surface area contributed by atoms with Crippen molar-refractivity contribution in [1.29, 1.82) is 0 Å². The van der Waals surface area contributed by atoms with Crippen LogP contribution in [-0.2, 0) is 33.2 Å². The summed E-state index contributed by atoms with van der Waals surface area (Å²) >= 11 is 15.6. The van der Waals surface area contributed by atoms with Gasteiger partial charge >= 0.3 is 11.9 Å². The first-order chi connectivity index (χ1) is 41.7. The summed E-state index contributed by atoms with van der Waals surface area (Å²) in [6.45, 7) is 25.4. The van der Waals surface area contributed by atoms with Crippen LogP contribution in [0.3, 0.4) is 0 Å². The van der Waals surface area contributed by atoms with E-state index in [1.54, 1.807) is 22.7 Å². The Kier molecular flexibility index (Phi) is 17.6. The molecular formula is C69H75Cl2N9O6S2. The summed E-state index contributed by atoms with van der Waals surface area (Å²) in [5.74, 6) is -1.06. The molecule has 7 heterocycles. The van der Waals surface area contributed by atoms with Crippen LogP contribution in [0, 0.1) is 13.8 Å². The fourth-order valence-corrected chi connectivity index (χ4v) is 14.5. The lowest BCUT2D eigenvalue weighted by Crippen LogP contribution is -2.49. The molecule has 0 spiro atoms. The number of rotatable bonds is 13. The van der Waals surface area contributed by atoms with E-state index in [1.165, 1.54) is 11.1 Å². The van der Waals surface area contributed by atoms with E-state index in [0.29, 0.717) is 27.2 Å². The number of carbonyl (C=O) groups is 2. The fraction of sp³-hybridized carbons (Fsp3) is 0.362. The molecule has 0 aliphatic carbocycles. The summed E-state index contributed by atoms with van der Waals surface area (Å²) in [6, 6.07) is 28.1. The summed E-state index contributed by atoms with van der Waals surface area (Å²) in [7, 11) is 6.17. The minimum atomic E-state index is -1.16. The van der Waals surface area contributed by atoms with E-state index in [9.17, 15) is 19.8 Å². The molecule has 0 saturated carbocycles. The Balaban J connectivity index is 0.000000182. The standard InChI is InChI=1S/C35H40ClN5O3S.C34H35ClN4O3S/c1-20(2)40-14-16-41(17-15-40)32-25-19-23(10-13-27(25)39(7)38-32)33-37-26-18-21(3)28(30(34(42)43)44-35(4,5)6)29(31(26)45-33)22-8-11-24(36)12-9-22;1-19-15-26-30(28(21-7-9-23(35)10-8-21)27(19)29(33(40)41)42-34(2,3)4)43-32(37-26)22-16-24-25(18-39(6)31(24)36-17-22)20-11-13-38(5)14-12-20/h8-13,18-20,30H,14-17H2,1-7H3,(H,42,43);7-11,15-18,29H,12-14H2,1-6H3,(H,40,41)/t30-;29-/m00/s1. The second-order valence-electron chi connectivity index (χ2n) is 25.4. The molecule has 0 radical (unpaired) electrons. The van der Waals surface area contributed by atoms with Gasteiger partial charge in [0.15, 0.2) is 18.0 Å². The highest BCUT2D eigenvalue weighted by molar-refractivity contribution is 7.22. The van der Waals surface area contributed by atoms with Crippen molar-refractivity contribution >= 4 is 112 Å². The minimum absolute atomic E-state index is 0.533. The predicted octanol–water partition coefficient (Wildman–Crippen LogP) is 16.1. The number of thiazole rings is 2. The van der Waals surface area contributed by atoms with Crippen molar-refractivity contribution in [3.63, 3.8) is 0 Å². The zero-order valence-electron chi connectivity index (χ0n) is 52.1. The Morgan fingerprint density at radius 3 is 1.62 bits per heavy atom. The van der Waals surface area contributed by atoms with E-state index < -0.39 is 35.3 Å². The highest BCUT2D eigenvalue weighted by Crippen LogP contribution is 2.47. The lowest BCUT2D eigenvalue weighted by atomic mass is 9.91. The van der Waals surface area contributed by atoms with Gasteiger partial charge in [0, 0.05) is 132 Å². The van der Waals surface area contributed by atoms with Gasteiger partial charge < -0.3 is 34.1 Å². The van der Waals surface area contributed by atoms with Crippen molar-refractivity contribution in [3.05, 3.63) is 141 Å². The first-order valence-corrected chi connectivity index (χ1v) is 32.1. The Morgan fingerprint density at radius 2 is 1.15 bits per heavy atom. The average molecular weight is 1260 g/mol. The van der Waals surface area contributed by atoms with Gasteiger partial charge in [0.25, 0.3) is 0 Å². The van der Waals surface area contributed by atoms with Crippen LogP contribution in [-0.4, -0.2) is 125 Å². The van der Waals surface area contributed by atoms with Gasteiger partial charge in [0.1, 0.15) is 15.7 Å². The number of halogens is 2. The summed E-state index contributed by atoms with van der Waals surface area (Å²) in [5, 5.41) is 30.8. The van der Waals surface area contributed by atoms with Gasteiger partial charge in [0.2, 0.25) is 0 Å². The lowest BCUT2D eigenvalue weighted by Gasteiger charge is -2.37. The molecule has 19 heteroatoms. The van der Waals surface area contributed by atoms with Crippen molar-refractivity contribution in [2.24, 2.45) is 14.1 Å². The molecule has 5 aromatic carbocycles. The molecule has 2 aliphatic heterocycles. The zero-order valence-corrected chi connectivity index (χ0v) is 55.3. The van der Waals surface area contributed by atoms with Crippen LogP contribution in [0.5, 0.6) is 0 Å². The Hall–Kier alpha value is -7.06. The van der Waals surface area contributed by atoms with Crippen LogP contribution < -0.4 is 4.90 Å². The van der Waals surface area contributed by atoms with E-state index >= 15 is 0 Å². The van der Waals surface area contributed by atoms with Crippen LogP contribution in [0.15, 0.2) is 103 Å². The van der Waals surface area contributed by atoms with Crippen molar-refractivity contribution in [2.75, 3.05) is 51.2 Å². The molecule has 2 aliphatic rings. The molecule has 2 atom stereocenters. The number of ether oxygens (including phenoxy) is 2. The van der Waals surface area contributed by atoms with Crippen molar-refractivity contribution in [3.8, 4) is 43.4 Å². The topological polar surface area (TPSA) is 164 Å². The van der Waals surface area contributed by atoms with Gasteiger partial charge in [-0.25, -0.2) is 24.5 Å². The number of benzene rings is 5. The van der Waals surface area contributed by atoms with Crippen LogP contribution >= 0.6 is 45.9 Å². The molecule has 1 fully saturated rings. The molecule has 2 N–H and O–H groups in total. The molecule has 10 aromatic rings. The normalized spacial score (nSPS) is 15.4. The predicted molar refractivity (Wildman–Crippen MR) is 360 cm³/mol.